The Morgan fingerprint density at radius 3 is 2.52 bits per heavy atom. The molecule has 0 aliphatic heterocycles. The topological polar surface area (TPSA) is 86.5 Å². The molecule has 0 bridgehead atoms. The number of rotatable bonds is 5. The van der Waals surface area contributed by atoms with E-state index in [1.807, 2.05) is 25.1 Å². The van der Waals surface area contributed by atoms with E-state index >= 15 is 0 Å². The Morgan fingerprint density at radius 2 is 1.74 bits per heavy atom. The number of methoxy groups -OCH3 is 2. The predicted octanol–water partition coefficient (Wildman–Crippen LogP) is 3.98. The van der Waals surface area contributed by atoms with E-state index in [1.165, 1.54) is 11.7 Å². The van der Waals surface area contributed by atoms with Gasteiger partial charge in [0, 0.05) is 17.3 Å². The van der Waals surface area contributed by atoms with E-state index in [4.69, 9.17) is 9.47 Å². The summed E-state index contributed by atoms with van der Waals surface area (Å²) in [6.45, 7) is 1.89. The smallest absolute Gasteiger partial charge is 0.266 e. The molecule has 0 saturated heterocycles. The number of pyridine rings is 1. The molecule has 0 aliphatic carbocycles. The minimum atomic E-state index is -0.224. The summed E-state index contributed by atoms with van der Waals surface area (Å²) < 4.78 is 12.1. The third kappa shape index (κ3) is 3.61. The van der Waals surface area contributed by atoms with Gasteiger partial charge in [-0.2, -0.15) is 0 Å². The van der Waals surface area contributed by atoms with Crippen LogP contribution in [0.25, 0.3) is 28.7 Å². The minimum absolute atomic E-state index is 0.00941. The van der Waals surface area contributed by atoms with Crippen LogP contribution in [-0.4, -0.2) is 33.9 Å². The summed E-state index contributed by atoms with van der Waals surface area (Å²) in [7, 11) is 3.08. The van der Waals surface area contributed by atoms with Gasteiger partial charge in [0.15, 0.2) is 11.5 Å². The maximum atomic E-state index is 13.4. The van der Waals surface area contributed by atoms with Crippen molar-refractivity contribution in [1.82, 2.24) is 14.5 Å². The molecule has 4 rings (SSSR count). The van der Waals surface area contributed by atoms with Crippen LogP contribution in [0.1, 0.15) is 17.0 Å². The zero-order chi connectivity index (χ0) is 22.0. The number of phenols is 1. The first-order valence-corrected chi connectivity index (χ1v) is 9.60. The van der Waals surface area contributed by atoms with Crippen molar-refractivity contribution in [2.45, 2.75) is 6.92 Å². The molecule has 0 spiro atoms. The van der Waals surface area contributed by atoms with Gasteiger partial charge >= 0.3 is 0 Å². The maximum Gasteiger partial charge on any atom is 0.266 e. The molecule has 7 heteroatoms. The highest BCUT2D eigenvalue weighted by Gasteiger charge is 2.15. The lowest BCUT2D eigenvalue weighted by Crippen LogP contribution is -2.23. The monoisotopic (exact) mass is 415 g/mol. The molecule has 4 aromatic rings. The Labute approximate surface area is 178 Å². The Hall–Kier alpha value is -4.13. The first kappa shape index (κ1) is 20.2. The van der Waals surface area contributed by atoms with Gasteiger partial charge < -0.3 is 14.6 Å². The lowest BCUT2D eigenvalue weighted by Gasteiger charge is -2.15. The Bertz CT molecular complexity index is 1360. The molecule has 0 amide bonds. The van der Waals surface area contributed by atoms with Crippen LogP contribution in [-0.2, 0) is 0 Å². The van der Waals surface area contributed by atoms with Crippen LogP contribution in [0.2, 0.25) is 0 Å². The van der Waals surface area contributed by atoms with Crippen LogP contribution < -0.4 is 15.0 Å². The quantitative estimate of drug-likeness (QED) is 0.531. The van der Waals surface area contributed by atoms with Gasteiger partial charge in [-0.1, -0.05) is 18.2 Å². The van der Waals surface area contributed by atoms with Crippen molar-refractivity contribution in [3.63, 3.8) is 0 Å². The predicted molar refractivity (Wildman–Crippen MR) is 120 cm³/mol. The molecule has 0 radical (unpaired) electrons. The lowest BCUT2D eigenvalue weighted by molar-refractivity contribution is 0.373. The van der Waals surface area contributed by atoms with E-state index in [0.717, 1.165) is 5.56 Å². The highest BCUT2D eigenvalue weighted by atomic mass is 16.5. The molecule has 0 atom stereocenters. The van der Waals surface area contributed by atoms with Gasteiger partial charge in [-0.3, -0.25) is 14.3 Å². The van der Waals surface area contributed by atoms with E-state index in [-0.39, 0.29) is 11.3 Å². The summed E-state index contributed by atoms with van der Waals surface area (Å²) in [6, 6.07) is 12.3. The largest absolute Gasteiger partial charge is 0.504 e. The van der Waals surface area contributed by atoms with Gasteiger partial charge in [0.1, 0.15) is 11.6 Å². The van der Waals surface area contributed by atoms with Gasteiger partial charge in [-0.15, -0.1) is 0 Å². The number of ether oxygens (including phenoxy) is 2. The molecule has 0 fully saturated rings. The summed E-state index contributed by atoms with van der Waals surface area (Å²) in [5.74, 6) is 1.43. The standard InChI is InChI=1S/C24H21N3O4/c1-15-19(7-5-8-20(15)30-2)27-22(26-18-14-25-13-12-17(18)24(27)29)11-10-16-6-4-9-21(31-3)23(16)28/h4-14,28H,1-3H3/b11-10+. The lowest BCUT2D eigenvalue weighted by atomic mass is 10.1. The molecule has 2 aromatic carbocycles. The molecule has 2 aromatic heterocycles. The van der Waals surface area contributed by atoms with E-state index in [1.54, 1.807) is 55.9 Å². The molecule has 1 N–H and O–H groups in total. The molecular formula is C24H21N3O4. The number of hydrogen-bond acceptors (Lipinski definition) is 6. The average molecular weight is 415 g/mol. The molecule has 31 heavy (non-hydrogen) atoms. The number of aromatic hydroxyl groups is 1. The SMILES string of the molecule is COc1cccc(-n2c(/C=C/c3cccc(OC)c3O)nc3cnccc3c2=O)c1C. The van der Waals surface area contributed by atoms with Crippen LogP contribution >= 0.6 is 0 Å². The fourth-order valence-corrected chi connectivity index (χ4v) is 3.47. The summed E-state index contributed by atoms with van der Waals surface area (Å²) in [5, 5.41) is 10.9. The van der Waals surface area contributed by atoms with Crippen molar-refractivity contribution in [1.29, 1.82) is 0 Å². The molecular weight excluding hydrogens is 394 g/mol. The van der Waals surface area contributed by atoms with Gasteiger partial charge in [-0.25, -0.2) is 4.98 Å². The summed E-state index contributed by atoms with van der Waals surface area (Å²) in [4.78, 5) is 22.2. The van der Waals surface area contributed by atoms with Crippen molar-refractivity contribution in [3.8, 4) is 22.9 Å². The first-order chi connectivity index (χ1) is 15.0. The molecule has 0 unspecified atom stereocenters. The fraction of sp³-hybridized carbons (Fsp3) is 0.125. The minimum Gasteiger partial charge on any atom is -0.504 e. The molecule has 156 valence electrons. The summed E-state index contributed by atoms with van der Waals surface area (Å²) >= 11 is 0. The van der Waals surface area contributed by atoms with E-state index in [2.05, 4.69) is 9.97 Å². The number of para-hydroxylation sites is 1. The fourth-order valence-electron chi connectivity index (χ4n) is 3.47. The second-order valence-corrected chi connectivity index (χ2v) is 6.84. The second-order valence-electron chi connectivity index (χ2n) is 6.84. The summed E-state index contributed by atoms with van der Waals surface area (Å²) in [6.07, 6.45) is 6.49. The zero-order valence-corrected chi connectivity index (χ0v) is 17.4. The number of aromatic nitrogens is 3. The van der Waals surface area contributed by atoms with Crippen LogP contribution in [0.3, 0.4) is 0 Å². The number of nitrogens with zero attached hydrogens (tertiary/aromatic N) is 3. The van der Waals surface area contributed by atoms with Crippen molar-refractivity contribution in [3.05, 3.63) is 82.2 Å². The van der Waals surface area contributed by atoms with Crippen molar-refractivity contribution < 1.29 is 14.6 Å². The number of benzene rings is 2. The van der Waals surface area contributed by atoms with Gasteiger partial charge in [0.25, 0.3) is 5.56 Å². The van der Waals surface area contributed by atoms with Crippen molar-refractivity contribution >= 4 is 23.1 Å². The summed E-state index contributed by atoms with van der Waals surface area (Å²) in [5.41, 5.74) is 2.26. The third-order valence-electron chi connectivity index (χ3n) is 5.08. The van der Waals surface area contributed by atoms with Crippen LogP contribution in [0.5, 0.6) is 17.2 Å². The highest BCUT2D eigenvalue weighted by Crippen LogP contribution is 2.31. The molecule has 0 aliphatic rings. The van der Waals surface area contributed by atoms with Crippen LogP contribution in [0.15, 0.2) is 59.7 Å². The first-order valence-electron chi connectivity index (χ1n) is 9.60. The van der Waals surface area contributed by atoms with E-state index < -0.39 is 0 Å². The van der Waals surface area contributed by atoms with E-state index in [0.29, 0.717) is 39.5 Å². The van der Waals surface area contributed by atoms with Gasteiger partial charge in [0.2, 0.25) is 0 Å². The average Bonchev–Trinajstić information content (AvgIpc) is 2.79. The van der Waals surface area contributed by atoms with Gasteiger partial charge in [-0.05, 0) is 43.3 Å². The van der Waals surface area contributed by atoms with Crippen LogP contribution in [0.4, 0.5) is 0 Å². The van der Waals surface area contributed by atoms with E-state index in [9.17, 15) is 9.90 Å². The Kier molecular flexibility index (Phi) is 5.41. The van der Waals surface area contributed by atoms with Crippen LogP contribution in [0, 0.1) is 6.92 Å². The highest BCUT2D eigenvalue weighted by molar-refractivity contribution is 5.80. The van der Waals surface area contributed by atoms with Gasteiger partial charge in [0.05, 0.1) is 37.0 Å². The normalized spacial score (nSPS) is 11.2. The number of fused-ring (bicyclic) bond motifs is 1. The van der Waals surface area contributed by atoms with Crippen molar-refractivity contribution in [2.75, 3.05) is 14.2 Å². The number of hydrogen-bond donors (Lipinski definition) is 1. The second kappa shape index (κ2) is 8.31. The molecule has 7 nitrogen and oxygen atoms in total. The number of phenolic OH excluding ortho intramolecular Hbond substituents is 1. The molecule has 0 saturated carbocycles. The maximum absolute atomic E-state index is 13.4. The third-order valence-corrected chi connectivity index (χ3v) is 5.08. The van der Waals surface area contributed by atoms with Crippen molar-refractivity contribution in [2.24, 2.45) is 0 Å². The Morgan fingerprint density at radius 1 is 1.00 bits per heavy atom. The zero-order valence-electron chi connectivity index (χ0n) is 17.4. The Balaban J connectivity index is 1.97. The molecule has 2 heterocycles.